The zero-order valence-corrected chi connectivity index (χ0v) is 78.9. The Morgan fingerprint density at radius 1 is 0.240 bits per heavy atom. The first-order valence-corrected chi connectivity index (χ1v) is 51.7. The fourth-order valence-electron chi connectivity index (χ4n) is 16.1. The van der Waals surface area contributed by atoms with Gasteiger partial charge in [-0.25, -0.2) is 9.59 Å². The Kier molecular flexibility index (Phi) is 63.7. The van der Waals surface area contributed by atoms with Gasteiger partial charge in [-0.05, 0) is 111 Å². The Morgan fingerprint density at radius 2 is 0.430 bits per heavy atom. The number of carbonyl (C=O) groups excluding carboxylic acids is 4. The number of ether oxygens (including phenoxy) is 8. The Balaban J connectivity index is 1.26. The monoisotopic (exact) mass is 1700 g/mol. The first kappa shape index (κ1) is 105. The van der Waals surface area contributed by atoms with Gasteiger partial charge in [-0.3, -0.25) is 9.59 Å². The van der Waals surface area contributed by atoms with Gasteiger partial charge in [-0.2, -0.15) is 11.8 Å². The Labute approximate surface area is 743 Å². The molecule has 0 unspecified atom stereocenters. The maximum atomic E-state index is 14.5. The second-order valence-corrected chi connectivity index (χ2v) is 36.0. The Bertz CT molecular complexity index is 2890. The van der Waals surface area contributed by atoms with E-state index in [-0.39, 0.29) is 11.8 Å². The minimum atomic E-state index is -0.560. The first-order valence-electron chi connectivity index (χ1n) is 50.6. The summed E-state index contributed by atoms with van der Waals surface area (Å²) in [5, 5.41) is 0. The third-order valence-corrected chi connectivity index (χ3v) is 24.8. The van der Waals surface area contributed by atoms with E-state index in [1.165, 1.54) is 308 Å². The second kappa shape index (κ2) is 73.1. The van der Waals surface area contributed by atoms with Crippen molar-refractivity contribution in [3.8, 4) is 46.0 Å². The van der Waals surface area contributed by atoms with Gasteiger partial charge in [0.1, 0.15) is 11.5 Å². The highest BCUT2D eigenvalue weighted by molar-refractivity contribution is 7.99. The van der Waals surface area contributed by atoms with Crippen LogP contribution in [0.4, 0.5) is 0 Å². The summed E-state index contributed by atoms with van der Waals surface area (Å²) < 4.78 is 52.0. The molecule has 121 heavy (non-hydrogen) atoms. The number of hydrogen-bond acceptors (Lipinski definition) is 13. The molecule has 0 N–H and O–H groups in total. The second-order valence-electron chi connectivity index (χ2n) is 34.8. The molecule has 686 valence electrons. The number of nitrogens with zero attached hydrogens (tertiary/aromatic N) is 2. The van der Waals surface area contributed by atoms with Gasteiger partial charge in [0.05, 0.1) is 50.8 Å². The van der Waals surface area contributed by atoms with Crippen molar-refractivity contribution in [3.63, 3.8) is 0 Å². The molecule has 1 heterocycles. The van der Waals surface area contributed by atoms with Crippen molar-refractivity contribution in [1.82, 2.24) is 9.80 Å². The quantitative estimate of drug-likeness (QED) is 0.0235. The number of rotatable bonds is 78. The van der Waals surface area contributed by atoms with E-state index >= 15 is 0 Å². The van der Waals surface area contributed by atoms with E-state index in [4.69, 9.17) is 37.9 Å². The fourth-order valence-corrected chi connectivity index (χ4v) is 17.0. The van der Waals surface area contributed by atoms with Gasteiger partial charge in [0.2, 0.25) is 11.5 Å². The number of carbonyl (C=O) groups is 4. The van der Waals surface area contributed by atoms with Crippen LogP contribution in [0.25, 0.3) is 0 Å². The molecule has 1 aliphatic rings. The minimum Gasteiger partial charge on any atom is -0.490 e. The largest absolute Gasteiger partial charge is 0.490 e. The van der Waals surface area contributed by atoms with Crippen LogP contribution in [-0.2, 0) is 0 Å². The van der Waals surface area contributed by atoms with Crippen molar-refractivity contribution in [2.75, 3.05) is 77.3 Å². The summed E-state index contributed by atoms with van der Waals surface area (Å²) >= 11 is 1.70. The molecular formula is C106H174N2O12S. The van der Waals surface area contributed by atoms with Crippen LogP contribution in [-0.4, -0.2) is 111 Å². The maximum absolute atomic E-state index is 14.5. The normalized spacial score (nSPS) is 12.4. The summed E-state index contributed by atoms with van der Waals surface area (Å²) in [6.45, 7) is 18.3. The lowest BCUT2D eigenvalue weighted by Crippen LogP contribution is -2.41. The predicted molar refractivity (Wildman–Crippen MR) is 509 cm³/mol. The maximum Gasteiger partial charge on any atom is 0.343 e. The van der Waals surface area contributed by atoms with Gasteiger partial charge >= 0.3 is 11.9 Å². The Morgan fingerprint density at radius 3 is 0.636 bits per heavy atom. The lowest BCUT2D eigenvalue weighted by Gasteiger charge is -2.26. The van der Waals surface area contributed by atoms with Crippen LogP contribution >= 0.6 is 11.8 Å². The van der Waals surface area contributed by atoms with Gasteiger partial charge in [-0.1, -0.05) is 388 Å². The molecule has 0 saturated carbocycles. The molecule has 0 aliphatic carbocycles. The van der Waals surface area contributed by atoms with E-state index in [1.807, 2.05) is 0 Å². The molecule has 0 atom stereocenters. The smallest absolute Gasteiger partial charge is 0.343 e. The molecule has 1 saturated heterocycles. The zero-order chi connectivity index (χ0) is 86.2. The molecule has 2 amide bonds. The predicted octanol–water partition coefficient (Wildman–Crippen LogP) is 31.3. The number of amides is 2. The average molecular weight is 1700 g/mol. The van der Waals surface area contributed by atoms with E-state index in [0.29, 0.717) is 146 Å². The molecule has 14 nitrogen and oxygen atoms in total. The van der Waals surface area contributed by atoms with E-state index in [1.54, 1.807) is 94.4 Å². The van der Waals surface area contributed by atoms with Crippen LogP contribution in [0.3, 0.4) is 0 Å². The van der Waals surface area contributed by atoms with Crippen LogP contribution in [0, 0.1) is 0 Å². The Hall–Kier alpha value is -6.09. The molecular weight excluding hydrogens is 1530 g/mol. The molecule has 4 aromatic rings. The van der Waals surface area contributed by atoms with Gasteiger partial charge in [0, 0.05) is 48.8 Å². The summed E-state index contributed by atoms with van der Waals surface area (Å²) in [6.07, 6.45) is 73.4. The highest BCUT2D eigenvalue weighted by Crippen LogP contribution is 2.42. The standard InChI is InChI=1S/C106H174N2O12S/c1-7-13-19-25-31-37-43-49-55-61-79-113-97-87-93(88-98(114-80-62-56-50-44-38-32-26-20-14-8-2)101(97)117-83-65-59-53-47-41-35-29-23-17-11-5)105(111)119-95-71-67-91(68-72-95)103(109)107-75-76-108(78-86-121-85-77-107)104(110)92-69-73-96(74-70-92)120-106(112)94-89-99(115-81-63-57-51-45-39-33-27-21-15-9-3)102(118-84-66-60-54-48-42-36-30-24-18-12-6)100(90-94)116-82-64-58-52-46-40-34-28-22-16-10-4/h67-74,87-90H,7-66,75-86H2,1-6H3. The van der Waals surface area contributed by atoms with Crippen LogP contribution < -0.4 is 37.9 Å². The molecule has 0 bridgehead atoms. The van der Waals surface area contributed by atoms with Crippen molar-refractivity contribution in [3.05, 3.63) is 95.1 Å². The molecule has 5 rings (SSSR count). The lowest BCUT2D eigenvalue weighted by molar-refractivity contribution is 0.0679. The summed E-state index contributed by atoms with van der Waals surface area (Å²) in [5.74, 6) is 3.64. The first-order chi connectivity index (χ1) is 59.6. The lowest BCUT2D eigenvalue weighted by atomic mass is 10.1. The van der Waals surface area contributed by atoms with Gasteiger partial charge in [0.15, 0.2) is 23.0 Å². The van der Waals surface area contributed by atoms with Crippen LogP contribution in [0.2, 0.25) is 0 Å². The van der Waals surface area contributed by atoms with E-state index in [0.717, 1.165) is 77.0 Å². The van der Waals surface area contributed by atoms with Crippen molar-refractivity contribution < 1.29 is 57.1 Å². The average Bonchev–Trinajstić information content (AvgIpc) is 1.01. The van der Waals surface area contributed by atoms with E-state index < -0.39 is 11.9 Å². The van der Waals surface area contributed by atoms with Gasteiger partial charge in [-0.15, -0.1) is 0 Å². The van der Waals surface area contributed by atoms with E-state index in [9.17, 15) is 19.2 Å². The summed E-state index contributed by atoms with van der Waals surface area (Å²) in [7, 11) is 0. The number of benzene rings is 4. The molecule has 1 fully saturated rings. The summed E-state index contributed by atoms with van der Waals surface area (Å²) in [5.41, 5.74) is 1.50. The molecule has 1 aliphatic heterocycles. The molecule has 0 spiro atoms. The summed E-state index contributed by atoms with van der Waals surface area (Å²) in [4.78, 5) is 61.4. The topological polar surface area (TPSA) is 149 Å². The number of esters is 2. The zero-order valence-electron chi connectivity index (χ0n) is 78.0. The number of unbranched alkanes of at least 4 members (excludes halogenated alkanes) is 54. The van der Waals surface area contributed by atoms with Crippen LogP contribution in [0.15, 0.2) is 72.8 Å². The molecule has 0 aromatic heterocycles. The van der Waals surface area contributed by atoms with Crippen molar-refractivity contribution in [1.29, 1.82) is 0 Å². The highest BCUT2D eigenvalue weighted by atomic mass is 32.2. The third-order valence-electron chi connectivity index (χ3n) is 23.9. The van der Waals surface area contributed by atoms with Gasteiger partial charge < -0.3 is 47.7 Å². The third kappa shape index (κ3) is 50.0. The van der Waals surface area contributed by atoms with Gasteiger partial charge in [0.25, 0.3) is 11.8 Å². The summed E-state index contributed by atoms with van der Waals surface area (Å²) in [6, 6.07) is 20.5. The van der Waals surface area contributed by atoms with E-state index in [2.05, 4.69) is 41.5 Å². The van der Waals surface area contributed by atoms with Crippen LogP contribution in [0.1, 0.15) is 468 Å². The highest BCUT2D eigenvalue weighted by Gasteiger charge is 2.26. The molecule has 0 radical (unpaired) electrons. The SMILES string of the molecule is CCCCCCCCCCCCOc1cc(C(=O)Oc2ccc(C(=O)N3CCSCCN(C(=O)c4ccc(OC(=O)c5cc(OCCCCCCCCCCCC)c(OCCCCCCCCCCCC)c(OCCCCCCCCCCCC)c5)cc4)CC3)cc2)cc(OCCCCCCCCCCCC)c1OCCCCCCCCCCCC. The van der Waals surface area contributed by atoms with Crippen LogP contribution in [0.5, 0.6) is 46.0 Å². The number of hydrogen-bond donors (Lipinski definition) is 0. The number of thioether (sulfide) groups is 1. The van der Waals surface area contributed by atoms with Crippen molar-refractivity contribution in [2.45, 2.75) is 427 Å². The molecule has 15 heteroatoms. The molecule has 4 aromatic carbocycles. The minimum absolute atomic E-state index is 0.173. The van der Waals surface area contributed by atoms with Crippen molar-refractivity contribution >= 4 is 35.5 Å². The van der Waals surface area contributed by atoms with Crippen molar-refractivity contribution in [2.24, 2.45) is 0 Å². The fraction of sp³-hybridized carbons (Fsp3) is 0.736.